The van der Waals surface area contributed by atoms with Crippen molar-refractivity contribution in [3.63, 3.8) is 0 Å². The molecule has 18 heavy (non-hydrogen) atoms. The van der Waals surface area contributed by atoms with Gasteiger partial charge < -0.3 is 10.5 Å². The molecule has 1 aliphatic rings. The van der Waals surface area contributed by atoms with Gasteiger partial charge in [0.25, 0.3) is 0 Å². The summed E-state index contributed by atoms with van der Waals surface area (Å²) in [6.07, 6.45) is 0.00687. The predicted octanol–water partition coefficient (Wildman–Crippen LogP) is 1.89. The Morgan fingerprint density at radius 3 is 2.22 bits per heavy atom. The summed E-state index contributed by atoms with van der Waals surface area (Å²) in [5.74, 6) is 0. The first kappa shape index (κ1) is 13.5. The van der Waals surface area contributed by atoms with E-state index in [1.807, 2.05) is 52.0 Å². The third-order valence-electron chi connectivity index (χ3n) is 3.02. The van der Waals surface area contributed by atoms with Crippen molar-refractivity contribution in [2.45, 2.75) is 44.3 Å². The normalized spacial score (nSPS) is 29.0. The quantitative estimate of drug-likeness (QED) is 0.650. The molecule has 2 rings (SSSR count). The van der Waals surface area contributed by atoms with E-state index in [1.54, 1.807) is 0 Å². The summed E-state index contributed by atoms with van der Waals surface area (Å²) in [5.41, 5.74) is 6.71. The second-order valence-corrected chi connectivity index (χ2v) is 7.57. The molecule has 0 radical (unpaired) electrons. The average molecular weight is 268 g/mol. The number of hydrogen-bond acceptors (Lipinski definition) is 3. The van der Waals surface area contributed by atoms with Crippen molar-refractivity contribution in [2.24, 2.45) is 0 Å². The first-order valence-electron chi connectivity index (χ1n) is 5.99. The smallest absolute Gasteiger partial charge is 0.182 e. The highest BCUT2D eigenvalue weighted by atomic mass is 32.2. The summed E-state index contributed by atoms with van der Waals surface area (Å²) >= 11 is 0. The molecule has 1 aliphatic heterocycles. The molecule has 1 aromatic carbocycles. The number of nitrogens with two attached hydrogens (primary N) is 1. The van der Waals surface area contributed by atoms with Crippen LogP contribution in [0.3, 0.4) is 0 Å². The first-order chi connectivity index (χ1) is 8.25. The van der Waals surface area contributed by atoms with Crippen molar-refractivity contribution in [2.75, 3.05) is 5.73 Å². The lowest BCUT2D eigenvalue weighted by atomic mass is 10.1. The van der Waals surface area contributed by atoms with Crippen LogP contribution in [0.2, 0.25) is 0 Å². The highest BCUT2D eigenvalue weighted by Gasteiger charge is 2.56. The SMILES string of the molecule is CC1OC1(NS(=O)C(C)(C)C)c1ccc(N)cc1. The van der Waals surface area contributed by atoms with E-state index in [2.05, 4.69) is 4.72 Å². The molecule has 0 aliphatic carbocycles. The van der Waals surface area contributed by atoms with E-state index in [0.29, 0.717) is 5.69 Å². The monoisotopic (exact) mass is 268 g/mol. The molecule has 0 spiro atoms. The molecule has 3 N–H and O–H groups in total. The Bertz CT molecular complexity index is 467. The van der Waals surface area contributed by atoms with Gasteiger partial charge in [0, 0.05) is 11.3 Å². The Balaban J connectivity index is 2.23. The molecule has 4 nitrogen and oxygen atoms in total. The van der Waals surface area contributed by atoms with Crippen LogP contribution in [0.5, 0.6) is 0 Å². The van der Waals surface area contributed by atoms with E-state index < -0.39 is 16.7 Å². The van der Waals surface area contributed by atoms with Crippen LogP contribution in [-0.4, -0.2) is 15.1 Å². The first-order valence-corrected chi connectivity index (χ1v) is 7.14. The van der Waals surface area contributed by atoms with Crippen LogP contribution < -0.4 is 10.5 Å². The second-order valence-electron chi connectivity index (χ2n) is 5.60. The Morgan fingerprint density at radius 1 is 1.33 bits per heavy atom. The highest BCUT2D eigenvalue weighted by Crippen LogP contribution is 2.44. The molecule has 1 saturated heterocycles. The van der Waals surface area contributed by atoms with Gasteiger partial charge in [-0.2, -0.15) is 0 Å². The summed E-state index contributed by atoms with van der Waals surface area (Å²) in [5, 5.41) is 0. The van der Waals surface area contributed by atoms with Gasteiger partial charge in [-0.1, -0.05) is 12.1 Å². The van der Waals surface area contributed by atoms with Gasteiger partial charge in [0.1, 0.15) is 6.10 Å². The minimum absolute atomic E-state index is 0.00687. The van der Waals surface area contributed by atoms with E-state index in [-0.39, 0.29) is 10.9 Å². The van der Waals surface area contributed by atoms with Crippen LogP contribution in [0.25, 0.3) is 0 Å². The Hall–Kier alpha value is -0.910. The highest BCUT2D eigenvalue weighted by molar-refractivity contribution is 7.84. The van der Waals surface area contributed by atoms with Crippen LogP contribution in [0.1, 0.15) is 33.3 Å². The number of benzene rings is 1. The van der Waals surface area contributed by atoms with Gasteiger partial charge in [-0.3, -0.25) is 0 Å². The van der Waals surface area contributed by atoms with Crippen LogP contribution in [0, 0.1) is 0 Å². The molecule has 0 aromatic heterocycles. The maximum Gasteiger partial charge on any atom is 0.182 e. The molecule has 100 valence electrons. The van der Waals surface area contributed by atoms with Crippen molar-refractivity contribution < 1.29 is 8.95 Å². The zero-order chi connectivity index (χ0) is 13.6. The van der Waals surface area contributed by atoms with Gasteiger partial charge in [-0.25, -0.2) is 8.93 Å². The standard InChI is InChI=1S/C13H20N2O2S/c1-9-13(17-9,15-18(16)12(2,3)4)10-5-7-11(14)8-6-10/h5-9,15H,14H2,1-4H3. The fourth-order valence-corrected chi connectivity index (χ4v) is 2.65. The number of nitrogen functional groups attached to an aromatic ring is 1. The molecule has 1 aromatic rings. The van der Waals surface area contributed by atoms with Gasteiger partial charge in [0.15, 0.2) is 5.72 Å². The summed E-state index contributed by atoms with van der Waals surface area (Å²) in [6, 6.07) is 7.47. The predicted molar refractivity (Wildman–Crippen MR) is 74.1 cm³/mol. The summed E-state index contributed by atoms with van der Waals surface area (Å²) in [4.78, 5) is 0. The largest absolute Gasteiger partial charge is 0.399 e. The van der Waals surface area contributed by atoms with Crippen molar-refractivity contribution in [3.8, 4) is 0 Å². The van der Waals surface area contributed by atoms with E-state index in [1.165, 1.54) is 0 Å². The fraction of sp³-hybridized carbons (Fsp3) is 0.538. The van der Waals surface area contributed by atoms with Crippen LogP contribution in [-0.2, 0) is 21.4 Å². The van der Waals surface area contributed by atoms with Crippen LogP contribution >= 0.6 is 0 Å². The van der Waals surface area contributed by atoms with Crippen molar-refractivity contribution in [3.05, 3.63) is 29.8 Å². The molecular formula is C13H20N2O2S. The topological polar surface area (TPSA) is 67.6 Å². The van der Waals surface area contributed by atoms with Crippen molar-refractivity contribution in [1.82, 2.24) is 4.72 Å². The van der Waals surface area contributed by atoms with Crippen LogP contribution in [0.15, 0.2) is 24.3 Å². The van der Waals surface area contributed by atoms with Gasteiger partial charge in [-0.15, -0.1) is 0 Å². The van der Waals surface area contributed by atoms with Gasteiger partial charge in [0.05, 0.1) is 15.7 Å². The maximum absolute atomic E-state index is 12.2. The van der Waals surface area contributed by atoms with E-state index in [4.69, 9.17) is 10.5 Å². The molecule has 0 saturated carbocycles. The minimum Gasteiger partial charge on any atom is -0.399 e. The Kier molecular flexibility index (Phi) is 3.25. The minimum atomic E-state index is -1.18. The molecule has 3 unspecified atom stereocenters. The Morgan fingerprint density at radius 2 is 1.83 bits per heavy atom. The summed E-state index contributed by atoms with van der Waals surface area (Å²) < 4.78 is 20.6. The number of anilines is 1. The fourth-order valence-electron chi connectivity index (χ4n) is 1.74. The van der Waals surface area contributed by atoms with E-state index in [9.17, 15) is 4.21 Å². The molecule has 1 heterocycles. The summed E-state index contributed by atoms with van der Waals surface area (Å²) in [6.45, 7) is 7.75. The zero-order valence-electron chi connectivity index (χ0n) is 11.2. The number of epoxide rings is 1. The maximum atomic E-state index is 12.2. The lowest BCUT2D eigenvalue weighted by molar-refractivity contribution is 0.286. The van der Waals surface area contributed by atoms with Crippen molar-refractivity contribution >= 4 is 16.7 Å². The molecular weight excluding hydrogens is 248 g/mol. The molecule has 1 fully saturated rings. The number of rotatable bonds is 3. The third-order valence-corrected chi connectivity index (χ3v) is 4.62. The average Bonchev–Trinajstić information content (AvgIpc) is 2.89. The van der Waals surface area contributed by atoms with Crippen molar-refractivity contribution in [1.29, 1.82) is 0 Å². The molecule has 5 heteroatoms. The number of hydrogen-bond donors (Lipinski definition) is 2. The van der Waals surface area contributed by atoms with Gasteiger partial charge >= 0.3 is 0 Å². The van der Waals surface area contributed by atoms with Gasteiger partial charge in [0.2, 0.25) is 0 Å². The molecule has 3 atom stereocenters. The van der Waals surface area contributed by atoms with Crippen LogP contribution in [0.4, 0.5) is 5.69 Å². The Labute approximate surface area is 110 Å². The second kappa shape index (κ2) is 4.33. The zero-order valence-corrected chi connectivity index (χ0v) is 12.0. The third kappa shape index (κ3) is 2.43. The molecule has 0 amide bonds. The lowest BCUT2D eigenvalue weighted by Crippen LogP contribution is -2.41. The summed E-state index contributed by atoms with van der Waals surface area (Å²) in [7, 11) is -1.18. The molecule has 0 bridgehead atoms. The number of nitrogens with one attached hydrogen (secondary N) is 1. The lowest BCUT2D eigenvalue weighted by Gasteiger charge is -2.22. The van der Waals surface area contributed by atoms with E-state index in [0.717, 1.165) is 5.56 Å². The van der Waals surface area contributed by atoms with E-state index >= 15 is 0 Å². The van der Waals surface area contributed by atoms with Gasteiger partial charge in [-0.05, 0) is 39.8 Å². The number of ether oxygens (including phenoxy) is 1.